The van der Waals surface area contributed by atoms with Crippen molar-refractivity contribution in [2.45, 2.75) is 121 Å². The minimum Gasteiger partial charge on any atom is -0.368 e. The summed E-state index contributed by atoms with van der Waals surface area (Å²) in [4.78, 5) is 45.3. The molecule has 0 atom stereocenters. The normalized spacial score (nSPS) is 18.9. The molecule has 0 aliphatic heterocycles. The van der Waals surface area contributed by atoms with Gasteiger partial charge < -0.3 is 28.9 Å². The second-order valence-electron chi connectivity index (χ2n) is 15.8. The second-order valence-corrected chi connectivity index (χ2v) is 15.8. The van der Waals surface area contributed by atoms with E-state index in [0.29, 0.717) is 94.0 Å². The topological polar surface area (TPSA) is 88.6 Å². The highest BCUT2D eigenvalue weighted by molar-refractivity contribution is 5.78. The zero-order chi connectivity index (χ0) is 34.3. The van der Waals surface area contributed by atoms with Gasteiger partial charge in [0.25, 0.3) is 0 Å². The van der Waals surface area contributed by atoms with Gasteiger partial charge in [-0.1, -0.05) is 83.1 Å². The summed E-state index contributed by atoms with van der Waals surface area (Å²) in [5.74, 6) is 2.15. The maximum atomic E-state index is 13.2. The highest BCUT2D eigenvalue weighted by Crippen LogP contribution is 2.27. The number of carbonyl (C=O) groups is 3. The summed E-state index contributed by atoms with van der Waals surface area (Å²) in [6.45, 7) is 29.5. The first-order valence-corrected chi connectivity index (χ1v) is 17.6. The number of nitrogens with zero attached hydrogens (tertiary/aromatic N) is 3. The molecule has 0 aromatic heterocycles. The van der Waals surface area contributed by atoms with Crippen LogP contribution in [0.5, 0.6) is 0 Å². The summed E-state index contributed by atoms with van der Waals surface area (Å²) < 4.78 is 18.7. The molecule has 0 N–H and O–H groups in total. The molecule has 0 heterocycles. The first kappa shape index (κ1) is 41.3. The minimum absolute atomic E-state index is 0.00544. The van der Waals surface area contributed by atoms with E-state index in [0.717, 1.165) is 0 Å². The van der Waals surface area contributed by atoms with E-state index in [1.807, 2.05) is 14.7 Å². The molecule has 0 radical (unpaired) electrons. The molecular weight excluding hydrogens is 570 g/mol. The molecule has 9 nitrogen and oxygen atoms in total. The Hall–Kier alpha value is -1.71. The zero-order valence-corrected chi connectivity index (χ0v) is 31.0. The molecule has 1 rings (SSSR count). The zero-order valence-electron chi connectivity index (χ0n) is 31.0. The fraction of sp³-hybridized carbons (Fsp3) is 0.917. The van der Waals surface area contributed by atoms with Gasteiger partial charge in [-0.25, -0.2) is 0 Å². The summed E-state index contributed by atoms with van der Waals surface area (Å²) in [5.41, 5.74) is 0. The SMILES string of the molecule is CC(C)CN(CC(C)C)C(=O)COC1CC(OCC(=O)N(CC(C)C)CC(C)C)CC(OCC(=O)N(CC(C)C)CC(C)C)C1. The van der Waals surface area contributed by atoms with E-state index in [2.05, 4.69) is 83.1 Å². The lowest BCUT2D eigenvalue weighted by Crippen LogP contribution is -2.44. The van der Waals surface area contributed by atoms with Crippen LogP contribution in [-0.2, 0) is 28.6 Å². The van der Waals surface area contributed by atoms with Crippen molar-refractivity contribution in [1.82, 2.24) is 14.7 Å². The van der Waals surface area contributed by atoms with Gasteiger partial charge in [-0.15, -0.1) is 0 Å². The molecule has 1 saturated carbocycles. The van der Waals surface area contributed by atoms with E-state index in [1.54, 1.807) is 0 Å². The highest BCUT2D eigenvalue weighted by Gasteiger charge is 2.33. The number of hydrogen-bond donors (Lipinski definition) is 0. The summed E-state index contributed by atoms with van der Waals surface area (Å²) >= 11 is 0. The lowest BCUT2D eigenvalue weighted by Gasteiger charge is -2.36. The van der Waals surface area contributed by atoms with Crippen molar-refractivity contribution < 1.29 is 28.6 Å². The Labute approximate surface area is 276 Å². The third-order valence-corrected chi connectivity index (χ3v) is 7.48. The molecule has 264 valence electrons. The average Bonchev–Trinajstić information content (AvgIpc) is 2.90. The monoisotopic (exact) mass is 640 g/mol. The van der Waals surface area contributed by atoms with Crippen molar-refractivity contribution in [3.05, 3.63) is 0 Å². The number of hydrogen-bond acceptors (Lipinski definition) is 6. The van der Waals surface area contributed by atoms with E-state index in [-0.39, 0.29) is 55.9 Å². The molecule has 0 aromatic rings. The van der Waals surface area contributed by atoms with Gasteiger partial charge >= 0.3 is 0 Å². The van der Waals surface area contributed by atoms with Crippen molar-refractivity contribution >= 4 is 17.7 Å². The molecule has 0 spiro atoms. The van der Waals surface area contributed by atoms with Crippen LogP contribution in [0.4, 0.5) is 0 Å². The molecule has 0 saturated heterocycles. The smallest absolute Gasteiger partial charge is 0.248 e. The van der Waals surface area contributed by atoms with Crippen molar-refractivity contribution in [1.29, 1.82) is 0 Å². The third-order valence-electron chi connectivity index (χ3n) is 7.48. The van der Waals surface area contributed by atoms with Crippen LogP contribution in [0.1, 0.15) is 102 Å². The van der Waals surface area contributed by atoms with E-state index >= 15 is 0 Å². The summed E-state index contributed by atoms with van der Waals surface area (Å²) in [5, 5.41) is 0. The molecule has 0 aromatic carbocycles. The Kier molecular flexibility index (Phi) is 19.5. The lowest BCUT2D eigenvalue weighted by atomic mass is 9.92. The van der Waals surface area contributed by atoms with E-state index in [1.165, 1.54) is 0 Å². The van der Waals surface area contributed by atoms with Crippen LogP contribution in [0.2, 0.25) is 0 Å². The van der Waals surface area contributed by atoms with Gasteiger partial charge in [-0.2, -0.15) is 0 Å². The second kappa shape index (κ2) is 21.2. The predicted molar refractivity (Wildman–Crippen MR) is 182 cm³/mol. The molecule has 0 bridgehead atoms. The number of amides is 3. The van der Waals surface area contributed by atoms with Gasteiger partial charge in [0.1, 0.15) is 19.8 Å². The van der Waals surface area contributed by atoms with Gasteiger partial charge in [-0.05, 0) is 54.8 Å². The van der Waals surface area contributed by atoms with Gasteiger partial charge in [-0.3, -0.25) is 14.4 Å². The van der Waals surface area contributed by atoms with Crippen LogP contribution in [-0.4, -0.2) is 110 Å². The van der Waals surface area contributed by atoms with Crippen LogP contribution >= 0.6 is 0 Å². The van der Waals surface area contributed by atoms with Crippen LogP contribution in [0.15, 0.2) is 0 Å². The maximum absolute atomic E-state index is 13.2. The van der Waals surface area contributed by atoms with E-state index in [9.17, 15) is 14.4 Å². The maximum Gasteiger partial charge on any atom is 0.248 e. The average molecular weight is 640 g/mol. The Balaban J connectivity index is 2.99. The fourth-order valence-corrected chi connectivity index (χ4v) is 5.90. The number of ether oxygens (including phenoxy) is 3. The molecule has 45 heavy (non-hydrogen) atoms. The Morgan fingerprint density at radius 3 is 0.756 bits per heavy atom. The number of carbonyl (C=O) groups excluding carboxylic acids is 3. The standard InChI is InChI=1S/C36H69N3O6/c1-25(2)16-37(17-26(3)4)34(40)22-43-31-13-32(44-23-35(41)38(18-27(5)6)19-28(7)8)15-33(14-31)45-24-36(42)39(20-29(9)10)21-30(11)12/h25-33H,13-24H2,1-12H3. The fourth-order valence-electron chi connectivity index (χ4n) is 5.90. The van der Waals surface area contributed by atoms with Crippen LogP contribution < -0.4 is 0 Å². The van der Waals surface area contributed by atoms with Crippen molar-refractivity contribution in [3.8, 4) is 0 Å². The van der Waals surface area contributed by atoms with E-state index < -0.39 is 0 Å². The molecule has 0 unspecified atom stereocenters. The molecule has 3 amide bonds. The summed E-state index contributed by atoms with van der Waals surface area (Å²) in [6.07, 6.45) is 0.908. The molecule has 1 aliphatic rings. The Morgan fingerprint density at radius 1 is 0.422 bits per heavy atom. The van der Waals surface area contributed by atoms with Crippen LogP contribution in [0.3, 0.4) is 0 Å². The molecule has 1 aliphatic carbocycles. The van der Waals surface area contributed by atoms with Crippen molar-refractivity contribution in [2.24, 2.45) is 35.5 Å². The first-order chi connectivity index (χ1) is 21.0. The summed E-state index contributed by atoms with van der Waals surface area (Å²) in [6, 6.07) is 0. The number of rotatable bonds is 21. The lowest BCUT2D eigenvalue weighted by molar-refractivity contribution is -0.153. The van der Waals surface area contributed by atoms with Crippen LogP contribution in [0.25, 0.3) is 0 Å². The Morgan fingerprint density at radius 2 is 0.600 bits per heavy atom. The van der Waals surface area contributed by atoms with Gasteiger partial charge in [0.05, 0.1) is 18.3 Å². The van der Waals surface area contributed by atoms with Gasteiger partial charge in [0, 0.05) is 39.3 Å². The van der Waals surface area contributed by atoms with Crippen molar-refractivity contribution in [2.75, 3.05) is 59.1 Å². The first-order valence-electron chi connectivity index (χ1n) is 17.6. The molecular formula is C36H69N3O6. The largest absolute Gasteiger partial charge is 0.368 e. The van der Waals surface area contributed by atoms with Gasteiger partial charge in [0.2, 0.25) is 17.7 Å². The van der Waals surface area contributed by atoms with Gasteiger partial charge in [0.15, 0.2) is 0 Å². The van der Waals surface area contributed by atoms with E-state index in [4.69, 9.17) is 14.2 Å². The minimum atomic E-state index is -0.271. The Bertz CT molecular complexity index is 714. The third kappa shape index (κ3) is 18.3. The highest BCUT2D eigenvalue weighted by atomic mass is 16.5. The van der Waals surface area contributed by atoms with Crippen LogP contribution in [0, 0.1) is 35.5 Å². The van der Waals surface area contributed by atoms with Crippen molar-refractivity contribution in [3.63, 3.8) is 0 Å². The molecule has 9 heteroatoms. The summed E-state index contributed by atoms with van der Waals surface area (Å²) in [7, 11) is 0. The predicted octanol–water partition coefficient (Wildman–Crippen LogP) is 5.75. The quantitative estimate of drug-likeness (QED) is 0.159. The molecule has 1 fully saturated rings.